The standard InChI is InChI=1S/C12H16N6O/c13-2-4-16-12-17-5-10(6-18-12)19-8-9-1-3-15-7-11(9)14/h1,3,5-7H,2,4,8,13-14H2,(H,16,17,18). The summed E-state index contributed by atoms with van der Waals surface area (Å²) >= 11 is 0. The molecule has 2 heterocycles. The first kappa shape index (κ1) is 13.0. The summed E-state index contributed by atoms with van der Waals surface area (Å²) in [6.45, 7) is 1.52. The van der Waals surface area contributed by atoms with Gasteiger partial charge in [-0.3, -0.25) is 4.98 Å². The van der Waals surface area contributed by atoms with E-state index in [1.807, 2.05) is 6.07 Å². The number of ether oxygens (including phenoxy) is 1. The zero-order valence-corrected chi connectivity index (χ0v) is 10.4. The Labute approximate surface area is 111 Å². The number of hydrogen-bond acceptors (Lipinski definition) is 7. The lowest BCUT2D eigenvalue weighted by molar-refractivity contribution is 0.304. The first-order valence-corrected chi connectivity index (χ1v) is 5.86. The first-order chi connectivity index (χ1) is 9.29. The third kappa shape index (κ3) is 3.78. The van der Waals surface area contributed by atoms with Crippen molar-refractivity contribution in [3.05, 3.63) is 36.4 Å². The maximum Gasteiger partial charge on any atom is 0.222 e. The van der Waals surface area contributed by atoms with E-state index in [1.165, 1.54) is 0 Å². The van der Waals surface area contributed by atoms with Gasteiger partial charge in [0.25, 0.3) is 0 Å². The molecule has 0 unspecified atom stereocenters. The molecule has 0 aliphatic rings. The maximum atomic E-state index is 5.77. The molecule has 0 bridgehead atoms. The molecular formula is C12H16N6O. The smallest absolute Gasteiger partial charge is 0.222 e. The minimum Gasteiger partial charge on any atom is -0.486 e. The van der Waals surface area contributed by atoms with Crippen molar-refractivity contribution in [2.75, 3.05) is 24.1 Å². The Morgan fingerprint density at radius 3 is 2.68 bits per heavy atom. The molecule has 2 aromatic heterocycles. The zero-order valence-electron chi connectivity index (χ0n) is 10.4. The van der Waals surface area contributed by atoms with E-state index in [4.69, 9.17) is 16.2 Å². The molecular weight excluding hydrogens is 244 g/mol. The van der Waals surface area contributed by atoms with Gasteiger partial charge in [-0.15, -0.1) is 0 Å². The summed E-state index contributed by atoms with van der Waals surface area (Å²) in [6.07, 6.45) is 6.47. The van der Waals surface area contributed by atoms with Crippen molar-refractivity contribution in [1.82, 2.24) is 15.0 Å². The van der Waals surface area contributed by atoms with E-state index >= 15 is 0 Å². The summed E-state index contributed by atoms with van der Waals surface area (Å²) in [7, 11) is 0. The number of aromatic nitrogens is 3. The topological polar surface area (TPSA) is 112 Å². The van der Waals surface area contributed by atoms with Crippen LogP contribution in [0.25, 0.3) is 0 Å². The van der Waals surface area contributed by atoms with Crippen LogP contribution in [0.5, 0.6) is 5.75 Å². The molecule has 0 aromatic carbocycles. The Morgan fingerprint density at radius 2 is 2.00 bits per heavy atom. The molecule has 0 fully saturated rings. The van der Waals surface area contributed by atoms with Gasteiger partial charge in [0.2, 0.25) is 5.95 Å². The third-order valence-electron chi connectivity index (χ3n) is 2.40. The largest absolute Gasteiger partial charge is 0.486 e. The van der Waals surface area contributed by atoms with Crippen LogP contribution in [-0.2, 0) is 6.61 Å². The molecule has 0 atom stereocenters. The fraction of sp³-hybridized carbons (Fsp3) is 0.250. The van der Waals surface area contributed by atoms with E-state index in [2.05, 4.69) is 20.3 Å². The highest BCUT2D eigenvalue weighted by Gasteiger charge is 2.01. The van der Waals surface area contributed by atoms with Crippen LogP contribution in [0.2, 0.25) is 0 Å². The quantitative estimate of drug-likeness (QED) is 0.689. The first-order valence-electron chi connectivity index (χ1n) is 5.86. The van der Waals surface area contributed by atoms with Crippen molar-refractivity contribution in [2.24, 2.45) is 5.73 Å². The van der Waals surface area contributed by atoms with Crippen molar-refractivity contribution >= 4 is 11.6 Å². The number of nitrogens with zero attached hydrogens (tertiary/aromatic N) is 3. The highest BCUT2D eigenvalue weighted by molar-refractivity contribution is 5.43. The van der Waals surface area contributed by atoms with Gasteiger partial charge in [-0.25, -0.2) is 9.97 Å². The second-order valence-corrected chi connectivity index (χ2v) is 3.82. The van der Waals surface area contributed by atoms with Crippen molar-refractivity contribution in [2.45, 2.75) is 6.61 Å². The van der Waals surface area contributed by atoms with Crippen LogP contribution in [-0.4, -0.2) is 28.0 Å². The SMILES string of the molecule is NCCNc1ncc(OCc2ccncc2N)cn1. The Morgan fingerprint density at radius 1 is 1.21 bits per heavy atom. The highest BCUT2D eigenvalue weighted by atomic mass is 16.5. The van der Waals surface area contributed by atoms with Crippen LogP contribution in [0.1, 0.15) is 5.56 Å². The van der Waals surface area contributed by atoms with Gasteiger partial charge in [0.15, 0.2) is 5.75 Å². The Balaban J connectivity index is 1.91. The normalized spacial score (nSPS) is 10.2. The van der Waals surface area contributed by atoms with Crippen molar-refractivity contribution in [3.8, 4) is 5.75 Å². The second-order valence-electron chi connectivity index (χ2n) is 3.82. The van der Waals surface area contributed by atoms with Crippen LogP contribution < -0.4 is 21.5 Å². The predicted molar refractivity (Wildman–Crippen MR) is 72.6 cm³/mol. The van der Waals surface area contributed by atoms with Gasteiger partial charge in [-0.1, -0.05) is 0 Å². The molecule has 5 N–H and O–H groups in total. The fourth-order valence-corrected chi connectivity index (χ4v) is 1.39. The zero-order chi connectivity index (χ0) is 13.5. The maximum absolute atomic E-state index is 5.77. The van der Waals surface area contributed by atoms with Gasteiger partial charge in [0.05, 0.1) is 24.3 Å². The molecule has 7 nitrogen and oxygen atoms in total. The molecule has 2 aromatic rings. The van der Waals surface area contributed by atoms with Crippen LogP contribution >= 0.6 is 0 Å². The van der Waals surface area contributed by atoms with Crippen LogP contribution in [0.4, 0.5) is 11.6 Å². The molecule has 0 saturated carbocycles. The van der Waals surface area contributed by atoms with E-state index in [0.717, 1.165) is 5.56 Å². The molecule has 0 radical (unpaired) electrons. The summed E-state index contributed by atoms with van der Waals surface area (Å²) in [5.74, 6) is 1.11. The average molecular weight is 260 g/mol. The van der Waals surface area contributed by atoms with Crippen molar-refractivity contribution < 1.29 is 4.74 Å². The summed E-state index contributed by atoms with van der Waals surface area (Å²) < 4.78 is 5.55. The molecule has 0 saturated heterocycles. The predicted octanol–water partition coefficient (Wildman–Crippen LogP) is 0.403. The van der Waals surface area contributed by atoms with Crippen LogP contribution in [0.15, 0.2) is 30.9 Å². The Bertz CT molecular complexity index is 516. The fourth-order valence-electron chi connectivity index (χ4n) is 1.39. The molecule has 7 heteroatoms. The number of anilines is 2. The number of pyridine rings is 1. The monoisotopic (exact) mass is 260 g/mol. The molecule has 100 valence electrons. The minimum absolute atomic E-state index is 0.354. The van der Waals surface area contributed by atoms with Gasteiger partial charge in [-0.05, 0) is 6.07 Å². The van der Waals surface area contributed by atoms with Crippen molar-refractivity contribution in [1.29, 1.82) is 0 Å². The lowest BCUT2D eigenvalue weighted by Crippen LogP contribution is -2.14. The number of hydrogen-bond donors (Lipinski definition) is 3. The van der Waals surface area contributed by atoms with Crippen LogP contribution in [0, 0.1) is 0 Å². The lowest BCUT2D eigenvalue weighted by atomic mass is 10.2. The summed E-state index contributed by atoms with van der Waals surface area (Å²) in [4.78, 5) is 12.1. The molecule has 0 amide bonds. The Hall–Kier alpha value is -2.41. The molecule has 19 heavy (non-hydrogen) atoms. The van der Waals surface area contributed by atoms with Crippen LogP contribution in [0.3, 0.4) is 0 Å². The number of rotatable bonds is 6. The van der Waals surface area contributed by atoms with E-state index in [1.54, 1.807) is 24.8 Å². The van der Waals surface area contributed by atoms with Crippen molar-refractivity contribution in [3.63, 3.8) is 0 Å². The molecule has 0 aliphatic carbocycles. The number of nitrogens with one attached hydrogen (secondary N) is 1. The van der Waals surface area contributed by atoms with E-state index in [9.17, 15) is 0 Å². The van der Waals surface area contributed by atoms with Gasteiger partial charge < -0.3 is 21.5 Å². The molecule has 0 aliphatic heterocycles. The number of nitrogen functional groups attached to an aromatic ring is 1. The summed E-state index contributed by atoms with van der Waals surface area (Å²) in [5.41, 5.74) is 12.6. The second kappa shape index (κ2) is 6.50. The van der Waals surface area contributed by atoms with Gasteiger partial charge in [-0.2, -0.15) is 0 Å². The number of nitrogens with two attached hydrogens (primary N) is 2. The Kier molecular flexibility index (Phi) is 4.46. The third-order valence-corrected chi connectivity index (χ3v) is 2.40. The minimum atomic E-state index is 0.354. The molecule has 0 spiro atoms. The van der Waals surface area contributed by atoms with Gasteiger partial charge in [0.1, 0.15) is 6.61 Å². The lowest BCUT2D eigenvalue weighted by Gasteiger charge is -2.08. The van der Waals surface area contributed by atoms with Gasteiger partial charge >= 0.3 is 0 Å². The van der Waals surface area contributed by atoms with Gasteiger partial charge in [0, 0.05) is 24.8 Å². The summed E-state index contributed by atoms with van der Waals surface area (Å²) in [6, 6.07) is 1.81. The molecule has 2 rings (SSSR count). The van der Waals surface area contributed by atoms with E-state index < -0.39 is 0 Å². The van der Waals surface area contributed by atoms with E-state index in [-0.39, 0.29) is 0 Å². The average Bonchev–Trinajstić information content (AvgIpc) is 2.45. The highest BCUT2D eigenvalue weighted by Crippen LogP contribution is 2.14. The summed E-state index contributed by atoms with van der Waals surface area (Å²) in [5, 5.41) is 2.97. The van der Waals surface area contributed by atoms with E-state index in [0.29, 0.717) is 37.1 Å².